The molecule has 0 radical (unpaired) electrons. The predicted octanol–water partition coefficient (Wildman–Crippen LogP) is 3.12. The smallest absolute Gasteiger partial charge is 0.314 e. The number of ether oxygens (including phenoxy) is 1. The molecular formula is C23H24F2N4O5S. The topological polar surface area (TPSA) is 106 Å². The number of sulfonamides is 1. The zero-order chi connectivity index (χ0) is 25.0. The lowest BCUT2D eigenvalue weighted by atomic mass is 10.0. The lowest BCUT2D eigenvalue weighted by Crippen LogP contribution is -2.48. The van der Waals surface area contributed by atoms with Crippen molar-refractivity contribution >= 4 is 21.7 Å². The molecule has 0 atom stereocenters. The van der Waals surface area contributed by atoms with E-state index in [0.29, 0.717) is 29.9 Å². The Morgan fingerprint density at radius 2 is 1.83 bits per heavy atom. The summed E-state index contributed by atoms with van der Waals surface area (Å²) in [5.41, 5.74) is 1.53. The van der Waals surface area contributed by atoms with Gasteiger partial charge in [0.25, 0.3) is 5.89 Å². The summed E-state index contributed by atoms with van der Waals surface area (Å²) in [5, 5.41) is 6.92. The van der Waals surface area contributed by atoms with Gasteiger partial charge in [0.15, 0.2) is 0 Å². The second-order valence-electron chi connectivity index (χ2n) is 8.19. The highest BCUT2D eigenvalue weighted by atomic mass is 32.2. The number of aromatic nitrogens is 2. The maximum Gasteiger partial charge on any atom is 0.314 e. The quantitative estimate of drug-likeness (QED) is 0.386. The predicted molar refractivity (Wildman–Crippen MR) is 123 cm³/mol. The number of hydrogen-bond donors (Lipinski definition) is 0. The van der Waals surface area contributed by atoms with Crippen LogP contribution in [0.3, 0.4) is 0 Å². The third-order valence-corrected chi connectivity index (χ3v) is 7.21. The molecule has 0 aliphatic carbocycles. The van der Waals surface area contributed by atoms with Gasteiger partial charge in [0, 0.05) is 18.7 Å². The number of benzene rings is 2. The summed E-state index contributed by atoms with van der Waals surface area (Å²) in [6.45, 7) is 0.975. The minimum Gasteiger partial charge on any atom is -0.464 e. The summed E-state index contributed by atoms with van der Waals surface area (Å²) in [5.74, 6) is -1.81. The van der Waals surface area contributed by atoms with Crippen molar-refractivity contribution in [2.75, 3.05) is 36.8 Å². The molecule has 1 fully saturated rings. The Morgan fingerprint density at radius 3 is 2.43 bits per heavy atom. The molecule has 1 aliphatic rings. The van der Waals surface area contributed by atoms with Crippen molar-refractivity contribution < 1.29 is 31.1 Å². The van der Waals surface area contributed by atoms with Crippen molar-refractivity contribution in [2.24, 2.45) is 5.92 Å². The Balaban J connectivity index is 1.46. The first-order valence-electron chi connectivity index (χ1n) is 10.8. The van der Waals surface area contributed by atoms with Gasteiger partial charge in [-0.05, 0) is 36.9 Å². The number of halogens is 2. The number of carbonyl (C=O) groups excluding carboxylic acids is 1. The van der Waals surface area contributed by atoms with Crippen LogP contribution >= 0.6 is 0 Å². The van der Waals surface area contributed by atoms with Crippen LogP contribution in [0, 0.1) is 5.92 Å². The SMILES string of the molecule is CN1CC(C(=O)OCCS(=O)(=O)N(Cc2ccc(-c3nnc(C(F)F)o3)cc2)c2ccccc2)C1. The fourth-order valence-electron chi connectivity index (χ4n) is 3.63. The van der Waals surface area contributed by atoms with Crippen molar-refractivity contribution in [1.82, 2.24) is 15.1 Å². The number of alkyl halides is 2. The normalized spacial score (nSPS) is 14.6. The van der Waals surface area contributed by atoms with E-state index in [1.807, 2.05) is 11.9 Å². The Labute approximate surface area is 201 Å². The Morgan fingerprint density at radius 1 is 1.14 bits per heavy atom. The molecule has 9 nitrogen and oxygen atoms in total. The van der Waals surface area contributed by atoms with Crippen LogP contribution in [-0.2, 0) is 26.1 Å². The number of nitrogens with zero attached hydrogens (tertiary/aromatic N) is 4. The lowest BCUT2D eigenvalue weighted by Gasteiger charge is -2.34. The van der Waals surface area contributed by atoms with Crippen LogP contribution in [-0.4, -0.2) is 62.0 Å². The van der Waals surface area contributed by atoms with Crippen LogP contribution in [0.2, 0.25) is 0 Å². The Hall–Kier alpha value is -3.38. The number of anilines is 1. The maximum absolute atomic E-state index is 13.2. The van der Waals surface area contributed by atoms with Crippen LogP contribution in [0.5, 0.6) is 0 Å². The van der Waals surface area contributed by atoms with E-state index in [-0.39, 0.29) is 30.7 Å². The van der Waals surface area contributed by atoms with Gasteiger partial charge in [-0.3, -0.25) is 9.10 Å². The van der Waals surface area contributed by atoms with Gasteiger partial charge in [0.1, 0.15) is 12.4 Å². The fourth-order valence-corrected chi connectivity index (χ4v) is 4.93. The minimum absolute atomic E-state index is 0.0140. The highest BCUT2D eigenvalue weighted by Gasteiger charge is 2.32. The van der Waals surface area contributed by atoms with E-state index < -0.39 is 28.3 Å². The first-order valence-corrected chi connectivity index (χ1v) is 12.5. The van der Waals surface area contributed by atoms with Gasteiger partial charge < -0.3 is 14.1 Å². The molecular weight excluding hydrogens is 482 g/mol. The van der Waals surface area contributed by atoms with Crippen LogP contribution in [0.4, 0.5) is 14.5 Å². The van der Waals surface area contributed by atoms with Crippen molar-refractivity contribution in [2.45, 2.75) is 13.0 Å². The summed E-state index contributed by atoms with van der Waals surface area (Å²) < 4.78 is 63.2. The molecule has 3 aromatic rings. The van der Waals surface area contributed by atoms with E-state index in [1.54, 1.807) is 54.6 Å². The molecule has 1 saturated heterocycles. The average Bonchev–Trinajstić information content (AvgIpc) is 3.32. The van der Waals surface area contributed by atoms with E-state index in [2.05, 4.69) is 10.2 Å². The molecule has 1 aromatic heterocycles. The molecule has 12 heteroatoms. The number of likely N-dealkylation sites (tertiary alicyclic amines) is 1. The van der Waals surface area contributed by atoms with E-state index in [0.717, 1.165) is 0 Å². The molecule has 0 unspecified atom stereocenters. The van der Waals surface area contributed by atoms with Crippen molar-refractivity contribution in [3.63, 3.8) is 0 Å². The van der Waals surface area contributed by atoms with Crippen LogP contribution < -0.4 is 4.31 Å². The molecule has 0 bridgehead atoms. The molecule has 0 amide bonds. The summed E-state index contributed by atoms with van der Waals surface area (Å²) in [7, 11) is -1.95. The highest BCUT2D eigenvalue weighted by Crippen LogP contribution is 2.25. The maximum atomic E-state index is 13.2. The van der Waals surface area contributed by atoms with Gasteiger partial charge in [0.05, 0.1) is 18.2 Å². The zero-order valence-electron chi connectivity index (χ0n) is 18.9. The Kier molecular flexibility index (Phi) is 7.41. The largest absolute Gasteiger partial charge is 0.464 e. The number of carbonyl (C=O) groups is 1. The second kappa shape index (κ2) is 10.5. The van der Waals surface area contributed by atoms with Crippen molar-refractivity contribution in [3.05, 3.63) is 66.1 Å². The molecule has 0 spiro atoms. The van der Waals surface area contributed by atoms with Gasteiger partial charge in [0.2, 0.25) is 15.9 Å². The number of para-hydroxylation sites is 1. The minimum atomic E-state index is -3.84. The average molecular weight is 507 g/mol. The number of hydrogen-bond acceptors (Lipinski definition) is 8. The van der Waals surface area contributed by atoms with Crippen LogP contribution in [0.15, 0.2) is 59.0 Å². The van der Waals surface area contributed by atoms with Crippen LogP contribution in [0.1, 0.15) is 17.9 Å². The van der Waals surface area contributed by atoms with Gasteiger partial charge in [-0.25, -0.2) is 8.42 Å². The lowest BCUT2D eigenvalue weighted by molar-refractivity contribution is -0.153. The first kappa shape index (κ1) is 24.7. The first-order chi connectivity index (χ1) is 16.7. The van der Waals surface area contributed by atoms with Crippen molar-refractivity contribution in [1.29, 1.82) is 0 Å². The Bertz CT molecular complexity index is 1250. The van der Waals surface area contributed by atoms with E-state index in [9.17, 15) is 22.0 Å². The summed E-state index contributed by atoms with van der Waals surface area (Å²) in [6.07, 6.45) is -2.87. The standard InChI is InChI=1S/C23H24F2N4O5S/c1-28-14-18(15-28)23(30)33-11-12-35(31,32)29(19-5-3-2-4-6-19)13-16-7-9-17(10-8-16)21-26-27-22(34-21)20(24)25/h2-10,18,20H,11-15H2,1H3. The van der Waals surface area contributed by atoms with Gasteiger partial charge >= 0.3 is 12.4 Å². The summed E-state index contributed by atoms with van der Waals surface area (Å²) in [6, 6.07) is 15.1. The van der Waals surface area contributed by atoms with Gasteiger partial charge in [-0.2, -0.15) is 8.78 Å². The third-order valence-electron chi connectivity index (χ3n) is 5.52. The molecule has 186 valence electrons. The number of rotatable bonds is 10. The molecule has 35 heavy (non-hydrogen) atoms. The van der Waals surface area contributed by atoms with Crippen LogP contribution in [0.25, 0.3) is 11.5 Å². The third kappa shape index (κ3) is 6.01. The van der Waals surface area contributed by atoms with E-state index in [4.69, 9.17) is 9.15 Å². The monoisotopic (exact) mass is 506 g/mol. The second-order valence-corrected chi connectivity index (χ2v) is 10.2. The molecule has 0 N–H and O–H groups in total. The van der Waals surface area contributed by atoms with E-state index in [1.165, 1.54) is 4.31 Å². The summed E-state index contributed by atoms with van der Waals surface area (Å²) >= 11 is 0. The molecule has 0 saturated carbocycles. The van der Waals surface area contributed by atoms with E-state index >= 15 is 0 Å². The summed E-state index contributed by atoms with van der Waals surface area (Å²) in [4.78, 5) is 14.0. The zero-order valence-corrected chi connectivity index (χ0v) is 19.7. The van der Waals surface area contributed by atoms with Crippen molar-refractivity contribution in [3.8, 4) is 11.5 Å². The molecule has 2 aromatic carbocycles. The number of esters is 1. The fraction of sp³-hybridized carbons (Fsp3) is 0.348. The molecule has 2 heterocycles. The highest BCUT2D eigenvalue weighted by molar-refractivity contribution is 7.92. The van der Waals surface area contributed by atoms with Gasteiger partial charge in [-0.15, -0.1) is 10.2 Å². The molecule has 1 aliphatic heterocycles. The van der Waals surface area contributed by atoms with Gasteiger partial charge in [-0.1, -0.05) is 30.3 Å². The molecule has 4 rings (SSSR count).